The molecule has 6 heteroatoms. The molecule has 2 aromatic rings. The monoisotopic (exact) mass is 225 g/mol. The number of H-pyrrole nitrogens is 1. The van der Waals surface area contributed by atoms with Gasteiger partial charge in [-0.2, -0.15) is 0 Å². The third-order valence-corrected chi connectivity index (χ3v) is 1.63. The Bertz CT molecular complexity index is 520. The van der Waals surface area contributed by atoms with Gasteiger partial charge in [-0.3, -0.25) is 14.1 Å². The summed E-state index contributed by atoms with van der Waals surface area (Å²) in [5.41, 5.74) is 0.837. The van der Waals surface area contributed by atoms with Crippen molar-refractivity contribution in [2.24, 2.45) is 5.14 Å². The quantitative estimate of drug-likeness (QED) is 0.629. The first kappa shape index (κ1) is 11.6. The van der Waals surface area contributed by atoms with Crippen molar-refractivity contribution >= 4 is 22.2 Å². The van der Waals surface area contributed by atoms with Crippen molar-refractivity contribution in [1.82, 2.24) is 4.98 Å². The number of para-hydroxylation sites is 1. The van der Waals surface area contributed by atoms with Crippen molar-refractivity contribution in [1.29, 1.82) is 0 Å². The van der Waals surface area contributed by atoms with Gasteiger partial charge < -0.3 is 9.54 Å². The van der Waals surface area contributed by atoms with Crippen LogP contribution in [0.5, 0.6) is 0 Å². The van der Waals surface area contributed by atoms with Crippen LogP contribution in [-0.2, 0) is 11.3 Å². The van der Waals surface area contributed by atoms with Crippen molar-refractivity contribution in [3.63, 3.8) is 0 Å². The van der Waals surface area contributed by atoms with Gasteiger partial charge in [-0.15, -0.1) is 0 Å². The number of rotatable bonds is 0. The first-order chi connectivity index (χ1) is 7.09. The normalized spacial score (nSPS) is 11.6. The Morgan fingerprint density at radius 1 is 1.20 bits per heavy atom. The summed E-state index contributed by atoms with van der Waals surface area (Å²) in [4.78, 5) is 13.6. The van der Waals surface area contributed by atoms with E-state index < -0.39 is 11.3 Å². The van der Waals surface area contributed by atoms with Gasteiger partial charge in [0.05, 0.1) is 0 Å². The summed E-state index contributed by atoms with van der Waals surface area (Å²) in [5.74, 6) is 0. The van der Waals surface area contributed by atoms with Gasteiger partial charge in [-0.25, -0.2) is 0 Å². The number of benzene rings is 1. The van der Waals surface area contributed by atoms with Gasteiger partial charge in [0, 0.05) is 22.8 Å². The van der Waals surface area contributed by atoms with Gasteiger partial charge in [0.15, 0.2) is 0 Å². The number of fused-ring (bicyclic) bond motifs is 1. The maximum Gasteiger partial charge on any atom is 0.248 e. The molecule has 0 aliphatic heterocycles. The van der Waals surface area contributed by atoms with E-state index in [4.69, 9.17) is 8.76 Å². The molecule has 0 saturated carbocycles. The summed E-state index contributed by atoms with van der Waals surface area (Å²) in [6.45, 7) is 0. The number of pyridine rings is 1. The van der Waals surface area contributed by atoms with E-state index >= 15 is 0 Å². The van der Waals surface area contributed by atoms with Crippen LogP contribution in [0.1, 0.15) is 0 Å². The van der Waals surface area contributed by atoms with Crippen LogP contribution in [0, 0.1) is 0 Å². The summed E-state index contributed by atoms with van der Waals surface area (Å²) in [6, 6.07) is 11.0. The maximum atomic E-state index is 10.8. The van der Waals surface area contributed by atoms with Gasteiger partial charge in [0.2, 0.25) is 5.56 Å². The highest BCUT2D eigenvalue weighted by atomic mass is 32.2. The lowest BCUT2D eigenvalue weighted by molar-refractivity contribution is 0.539. The molecule has 80 valence electrons. The van der Waals surface area contributed by atoms with Crippen molar-refractivity contribution in [2.45, 2.75) is 0 Å². The topological polar surface area (TPSA) is 99.0 Å². The van der Waals surface area contributed by atoms with Crippen LogP contribution in [0.15, 0.2) is 41.2 Å². The minimum atomic E-state index is -2.36. The second-order valence-electron chi connectivity index (χ2n) is 2.67. The van der Waals surface area contributed by atoms with Crippen molar-refractivity contribution < 1.29 is 8.76 Å². The number of nitrogens with two attached hydrogens (primary N) is 1. The Balaban J connectivity index is 0.000000245. The molecule has 0 saturated heterocycles. The second-order valence-corrected chi connectivity index (χ2v) is 3.19. The van der Waals surface area contributed by atoms with E-state index in [9.17, 15) is 4.79 Å². The van der Waals surface area contributed by atoms with E-state index in [2.05, 4.69) is 10.1 Å². The summed E-state index contributed by atoms with van der Waals surface area (Å²) < 4.78 is 17.6. The van der Waals surface area contributed by atoms with E-state index in [0.29, 0.717) is 0 Å². The molecular formula is C9H9N2O3S-. The molecule has 3 N–H and O–H groups in total. The predicted molar refractivity (Wildman–Crippen MR) is 57.7 cm³/mol. The Labute approximate surface area is 88.4 Å². The highest BCUT2D eigenvalue weighted by molar-refractivity contribution is 7.76. The molecule has 5 nitrogen and oxygen atoms in total. The lowest BCUT2D eigenvalue weighted by atomic mass is 10.2. The minimum Gasteiger partial charge on any atom is -0.760 e. The molecule has 0 fully saturated rings. The van der Waals surface area contributed by atoms with Crippen LogP contribution in [0.25, 0.3) is 10.9 Å². The van der Waals surface area contributed by atoms with E-state index in [-0.39, 0.29) is 5.56 Å². The van der Waals surface area contributed by atoms with Crippen LogP contribution < -0.4 is 10.7 Å². The standard InChI is InChI=1S/C9H7NO.H3NO2S/c11-9-6-5-7-3-1-2-4-8(7)10-9;1-4(2)3/h1-6H,(H,10,11);1H2,(H,2,3)/p-1. The number of aromatic nitrogens is 1. The van der Waals surface area contributed by atoms with E-state index in [1.54, 1.807) is 0 Å². The zero-order valence-corrected chi connectivity index (χ0v) is 8.49. The Morgan fingerprint density at radius 3 is 2.47 bits per heavy atom. The number of hydrogen-bond donors (Lipinski definition) is 2. The summed E-state index contributed by atoms with van der Waals surface area (Å²) >= 11 is -2.36. The van der Waals surface area contributed by atoms with Gasteiger partial charge in [0.1, 0.15) is 0 Å². The summed E-state index contributed by atoms with van der Waals surface area (Å²) in [5, 5.41) is 5.09. The Hall–Kier alpha value is -1.50. The fourth-order valence-corrected chi connectivity index (χ4v) is 1.10. The molecule has 1 heterocycles. The van der Waals surface area contributed by atoms with Crippen LogP contribution in [0.2, 0.25) is 0 Å². The molecule has 0 spiro atoms. The van der Waals surface area contributed by atoms with E-state index in [1.807, 2.05) is 30.3 Å². The molecule has 0 aliphatic rings. The lowest BCUT2D eigenvalue weighted by Gasteiger charge is -1.93. The fraction of sp³-hybridized carbons (Fsp3) is 0. The highest BCUT2D eigenvalue weighted by Gasteiger charge is 1.89. The van der Waals surface area contributed by atoms with Gasteiger partial charge in [-0.1, -0.05) is 18.2 Å². The van der Waals surface area contributed by atoms with Crippen LogP contribution in [0.3, 0.4) is 0 Å². The summed E-state index contributed by atoms with van der Waals surface area (Å²) in [6.07, 6.45) is 0. The molecule has 1 atom stereocenters. The zero-order valence-electron chi connectivity index (χ0n) is 7.67. The average molecular weight is 225 g/mol. The Kier molecular flexibility index (Phi) is 4.17. The highest BCUT2D eigenvalue weighted by Crippen LogP contribution is 2.06. The van der Waals surface area contributed by atoms with Gasteiger partial charge in [-0.05, 0) is 17.5 Å². The third-order valence-electron chi connectivity index (χ3n) is 1.63. The minimum absolute atomic E-state index is 0.0521. The first-order valence-electron chi connectivity index (χ1n) is 4.01. The Morgan fingerprint density at radius 2 is 1.80 bits per heavy atom. The molecule has 2 rings (SSSR count). The van der Waals surface area contributed by atoms with Crippen LogP contribution in [0.4, 0.5) is 0 Å². The molecule has 0 amide bonds. The second kappa shape index (κ2) is 5.40. The largest absolute Gasteiger partial charge is 0.760 e. The fourth-order valence-electron chi connectivity index (χ4n) is 1.10. The SMILES string of the molecule is NS(=O)[O-].O=c1ccc2ccccc2[nH]1. The molecule has 0 bridgehead atoms. The molecule has 1 aromatic carbocycles. The number of aromatic amines is 1. The molecule has 1 unspecified atom stereocenters. The smallest absolute Gasteiger partial charge is 0.248 e. The molecule has 1 aromatic heterocycles. The van der Waals surface area contributed by atoms with E-state index in [0.717, 1.165) is 10.9 Å². The average Bonchev–Trinajstić information content (AvgIpc) is 2.16. The first-order valence-corrected chi connectivity index (χ1v) is 5.15. The van der Waals surface area contributed by atoms with E-state index in [1.165, 1.54) is 6.07 Å². The third kappa shape index (κ3) is 4.03. The number of hydrogen-bond acceptors (Lipinski definition) is 3. The van der Waals surface area contributed by atoms with Crippen LogP contribution >= 0.6 is 0 Å². The van der Waals surface area contributed by atoms with Gasteiger partial charge in [0.25, 0.3) is 0 Å². The number of nitrogens with one attached hydrogen (secondary N) is 1. The molecule has 0 radical (unpaired) electrons. The van der Waals surface area contributed by atoms with Crippen molar-refractivity contribution in [3.8, 4) is 0 Å². The lowest BCUT2D eigenvalue weighted by Crippen LogP contribution is -2.01. The maximum absolute atomic E-state index is 10.8. The molecular weight excluding hydrogens is 216 g/mol. The van der Waals surface area contributed by atoms with Crippen LogP contribution in [-0.4, -0.2) is 13.7 Å². The zero-order chi connectivity index (χ0) is 11.3. The van der Waals surface area contributed by atoms with Crippen molar-refractivity contribution in [3.05, 3.63) is 46.8 Å². The molecule has 0 aliphatic carbocycles. The van der Waals surface area contributed by atoms with Crippen molar-refractivity contribution in [2.75, 3.05) is 0 Å². The molecule has 15 heavy (non-hydrogen) atoms. The van der Waals surface area contributed by atoms with Gasteiger partial charge >= 0.3 is 0 Å². The predicted octanol–water partition coefficient (Wildman–Crippen LogP) is 0.267. The summed E-state index contributed by atoms with van der Waals surface area (Å²) in [7, 11) is 0.